The molecule has 28 heavy (non-hydrogen) atoms. The SMILES string of the molecule is Cc1cc(C)c(Cc2ccc(C)c(Cc3cc(C)c(C)cc3C)c2C)cc1C. The maximum atomic E-state index is 2.38. The highest BCUT2D eigenvalue weighted by Crippen LogP contribution is 2.27. The topological polar surface area (TPSA) is 0 Å². The van der Waals surface area contributed by atoms with Crippen molar-refractivity contribution >= 4 is 0 Å². The van der Waals surface area contributed by atoms with Gasteiger partial charge in [-0.2, -0.15) is 0 Å². The first-order chi connectivity index (χ1) is 13.2. The van der Waals surface area contributed by atoms with Crippen LogP contribution in [0.2, 0.25) is 0 Å². The summed E-state index contributed by atoms with van der Waals surface area (Å²) in [7, 11) is 0. The molecule has 3 aromatic rings. The molecule has 0 aromatic heterocycles. The van der Waals surface area contributed by atoms with Gasteiger partial charge in [-0.25, -0.2) is 0 Å². The van der Waals surface area contributed by atoms with Crippen molar-refractivity contribution in [1.29, 1.82) is 0 Å². The van der Waals surface area contributed by atoms with Crippen molar-refractivity contribution in [3.05, 3.63) is 103 Å². The normalized spacial score (nSPS) is 11.1. The average Bonchev–Trinajstić information content (AvgIpc) is 2.62. The molecule has 0 atom stereocenters. The van der Waals surface area contributed by atoms with E-state index in [1.54, 1.807) is 0 Å². The van der Waals surface area contributed by atoms with Crippen LogP contribution in [0, 0.1) is 55.4 Å². The van der Waals surface area contributed by atoms with Crippen molar-refractivity contribution in [3.8, 4) is 0 Å². The fraction of sp³-hybridized carbons (Fsp3) is 0.357. The summed E-state index contributed by atoms with van der Waals surface area (Å²) in [6, 6.07) is 14.0. The van der Waals surface area contributed by atoms with Crippen LogP contribution >= 0.6 is 0 Å². The Hall–Kier alpha value is -2.34. The standard InChI is InChI=1S/C28H34/c1-17-9-10-25(15-26-13-20(4)18(2)11-22(26)6)24(8)28(17)16-27-14-21(5)19(3)12-23(27)7/h9-14H,15-16H2,1-8H3. The summed E-state index contributed by atoms with van der Waals surface area (Å²) >= 11 is 0. The highest BCUT2D eigenvalue weighted by atomic mass is 14.2. The van der Waals surface area contributed by atoms with Crippen LogP contribution < -0.4 is 0 Å². The van der Waals surface area contributed by atoms with Gasteiger partial charge in [0.25, 0.3) is 0 Å². The molecular weight excluding hydrogens is 336 g/mol. The van der Waals surface area contributed by atoms with E-state index in [1.807, 2.05) is 0 Å². The van der Waals surface area contributed by atoms with E-state index in [9.17, 15) is 0 Å². The molecule has 0 unspecified atom stereocenters. The second-order valence-corrected chi connectivity index (χ2v) is 8.72. The van der Waals surface area contributed by atoms with Gasteiger partial charge in [0.15, 0.2) is 0 Å². The molecule has 0 radical (unpaired) electrons. The van der Waals surface area contributed by atoms with Gasteiger partial charge in [-0.3, -0.25) is 0 Å². The molecule has 0 bridgehead atoms. The van der Waals surface area contributed by atoms with E-state index in [0.717, 1.165) is 12.8 Å². The van der Waals surface area contributed by atoms with Gasteiger partial charge in [-0.1, -0.05) is 36.4 Å². The van der Waals surface area contributed by atoms with Crippen LogP contribution in [-0.4, -0.2) is 0 Å². The van der Waals surface area contributed by atoms with E-state index < -0.39 is 0 Å². The van der Waals surface area contributed by atoms with Crippen LogP contribution in [0.25, 0.3) is 0 Å². The van der Waals surface area contributed by atoms with Gasteiger partial charge in [0.2, 0.25) is 0 Å². The second kappa shape index (κ2) is 7.95. The number of aryl methyl sites for hydroxylation is 7. The molecule has 0 aliphatic rings. The first-order valence-corrected chi connectivity index (χ1v) is 10.4. The average molecular weight is 371 g/mol. The van der Waals surface area contributed by atoms with E-state index in [0.29, 0.717) is 0 Å². The predicted molar refractivity (Wildman–Crippen MR) is 123 cm³/mol. The minimum atomic E-state index is 1.01. The lowest BCUT2D eigenvalue weighted by Crippen LogP contribution is -2.04. The molecule has 0 amide bonds. The van der Waals surface area contributed by atoms with Crippen molar-refractivity contribution in [2.75, 3.05) is 0 Å². The summed E-state index contributed by atoms with van der Waals surface area (Å²) in [5.74, 6) is 0. The lowest BCUT2D eigenvalue weighted by Gasteiger charge is -2.18. The second-order valence-electron chi connectivity index (χ2n) is 8.72. The molecule has 0 nitrogen and oxygen atoms in total. The summed E-state index contributed by atoms with van der Waals surface area (Å²) in [5, 5.41) is 0. The lowest BCUT2D eigenvalue weighted by molar-refractivity contribution is 1.04. The van der Waals surface area contributed by atoms with E-state index in [2.05, 4.69) is 91.8 Å². The summed E-state index contributed by atoms with van der Waals surface area (Å²) in [6.07, 6.45) is 2.03. The van der Waals surface area contributed by atoms with Gasteiger partial charge in [-0.05, 0) is 135 Å². The smallest absolute Gasteiger partial charge is 0.00177 e. The Bertz CT molecular complexity index is 1030. The van der Waals surface area contributed by atoms with Crippen molar-refractivity contribution < 1.29 is 0 Å². The molecule has 0 heterocycles. The molecule has 3 aromatic carbocycles. The summed E-state index contributed by atoms with van der Waals surface area (Å²) in [6.45, 7) is 17.9. The molecule has 0 saturated carbocycles. The van der Waals surface area contributed by atoms with Gasteiger partial charge in [0.05, 0.1) is 0 Å². The zero-order chi connectivity index (χ0) is 20.6. The molecular formula is C28H34. The summed E-state index contributed by atoms with van der Waals surface area (Å²) in [4.78, 5) is 0. The van der Waals surface area contributed by atoms with Gasteiger partial charge in [0, 0.05) is 0 Å². The first-order valence-electron chi connectivity index (χ1n) is 10.4. The molecule has 146 valence electrons. The van der Waals surface area contributed by atoms with Crippen molar-refractivity contribution in [1.82, 2.24) is 0 Å². The fourth-order valence-corrected chi connectivity index (χ4v) is 4.22. The molecule has 0 aliphatic heterocycles. The summed E-state index contributed by atoms with van der Waals surface area (Å²) in [5.41, 5.74) is 17.0. The van der Waals surface area contributed by atoms with Gasteiger partial charge in [-0.15, -0.1) is 0 Å². The van der Waals surface area contributed by atoms with E-state index in [-0.39, 0.29) is 0 Å². The fourth-order valence-electron chi connectivity index (χ4n) is 4.22. The Kier molecular flexibility index (Phi) is 5.79. The maximum Gasteiger partial charge on any atom is -0.00177 e. The van der Waals surface area contributed by atoms with E-state index in [4.69, 9.17) is 0 Å². The highest BCUT2D eigenvalue weighted by molar-refractivity contribution is 5.48. The van der Waals surface area contributed by atoms with Crippen LogP contribution in [0.15, 0.2) is 36.4 Å². The Balaban J connectivity index is 1.99. The van der Waals surface area contributed by atoms with E-state index >= 15 is 0 Å². The number of benzene rings is 3. The third-order valence-electron chi connectivity index (χ3n) is 6.60. The Morgan fingerprint density at radius 2 is 0.893 bits per heavy atom. The molecule has 0 fully saturated rings. The third-order valence-corrected chi connectivity index (χ3v) is 6.60. The third kappa shape index (κ3) is 4.07. The van der Waals surface area contributed by atoms with Crippen molar-refractivity contribution in [3.63, 3.8) is 0 Å². The van der Waals surface area contributed by atoms with Crippen LogP contribution in [0.1, 0.15) is 66.8 Å². The minimum Gasteiger partial charge on any atom is -0.0587 e. The zero-order valence-electron chi connectivity index (χ0n) is 18.9. The van der Waals surface area contributed by atoms with Gasteiger partial charge in [0.1, 0.15) is 0 Å². The van der Waals surface area contributed by atoms with Crippen molar-refractivity contribution in [2.24, 2.45) is 0 Å². The zero-order valence-corrected chi connectivity index (χ0v) is 18.9. The quantitative estimate of drug-likeness (QED) is 0.451. The Morgan fingerprint density at radius 1 is 0.429 bits per heavy atom. The lowest BCUT2D eigenvalue weighted by atomic mass is 9.87. The monoisotopic (exact) mass is 370 g/mol. The summed E-state index contributed by atoms with van der Waals surface area (Å²) < 4.78 is 0. The molecule has 0 N–H and O–H groups in total. The number of hydrogen-bond donors (Lipinski definition) is 0. The minimum absolute atomic E-state index is 1.01. The highest BCUT2D eigenvalue weighted by Gasteiger charge is 2.12. The Morgan fingerprint density at radius 3 is 1.43 bits per heavy atom. The largest absolute Gasteiger partial charge is 0.0587 e. The number of hydrogen-bond acceptors (Lipinski definition) is 0. The first kappa shape index (κ1) is 20.4. The molecule has 0 heteroatoms. The van der Waals surface area contributed by atoms with Crippen LogP contribution in [0.3, 0.4) is 0 Å². The van der Waals surface area contributed by atoms with Crippen molar-refractivity contribution in [2.45, 2.75) is 68.2 Å². The van der Waals surface area contributed by atoms with Crippen LogP contribution in [0.4, 0.5) is 0 Å². The Labute approximate surface area is 171 Å². The predicted octanol–water partition coefficient (Wildman–Crippen LogP) is 7.34. The molecule has 0 saturated heterocycles. The molecule has 3 rings (SSSR count). The number of rotatable bonds is 4. The van der Waals surface area contributed by atoms with E-state index in [1.165, 1.54) is 66.8 Å². The van der Waals surface area contributed by atoms with Crippen LogP contribution in [0.5, 0.6) is 0 Å². The van der Waals surface area contributed by atoms with Gasteiger partial charge < -0.3 is 0 Å². The van der Waals surface area contributed by atoms with Gasteiger partial charge >= 0.3 is 0 Å². The molecule has 0 spiro atoms. The maximum absolute atomic E-state index is 2.38. The molecule has 0 aliphatic carbocycles. The van der Waals surface area contributed by atoms with Crippen LogP contribution in [-0.2, 0) is 12.8 Å².